The molecule has 4 rings (SSSR count). The molecule has 0 amide bonds. The van der Waals surface area contributed by atoms with Gasteiger partial charge in [0.05, 0.1) is 39.6 Å². The summed E-state index contributed by atoms with van der Waals surface area (Å²) < 4.78 is 21.2. The lowest BCUT2D eigenvalue weighted by Gasteiger charge is -2.13. The third kappa shape index (κ3) is 5.61. The molecule has 0 aliphatic heterocycles. The maximum Gasteiger partial charge on any atom is 0.237 e. The lowest BCUT2D eigenvalue weighted by Crippen LogP contribution is -2.16. The molecule has 0 saturated carbocycles. The Labute approximate surface area is 231 Å². The predicted octanol–water partition coefficient (Wildman–Crippen LogP) is 5.52. The van der Waals surface area contributed by atoms with Crippen molar-refractivity contribution in [2.45, 2.75) is 0 Å². The van der Waals surface area contributed by atoms with Crippen molar-refractivity contribution in [3.05, 3.63) is 107 Å². The molecule has 0 aliphatic carbocycles. The normalized spacial score (nSPS) is 10.4. The monoisotopic (exact) mass is 538 g/mol. The molecule has 0 bridgehead atoms. The van der Waals surface area contributed by atoms with Crippen molar-refractivity contribution in [1.29, 1.82) is 0 Å². The van der Waals surface area contributed by atoms with Crippen molar-refractivity contribution >= 4 is 23.1 Å². The predicted molar refractivity (Wildman–Crippen MR) is 148 cm³/mol. The number of methoxy groups -OCH3 is 4. The molecule has 0 aromatic heterocycles. The first-order chi connectivity index (χ1) is 19.3. The van der Waals surface area contributed by atoms with E-state index in [2.05, 4.69) is 0 Å². The Kier molecular flexibility index (Phi) is 8.39. The van der Waals surface area contributed by atoms with Crippen LogP contribution in [-0.4, -0.2) is 51.6 Å². The zero-order valence-corrected chi connectivity index (χ0v) is 22.3. The Morgan fingerprint density at radius 3 is 1.20 bits per heavy atom. The first kappa shape index (κ1) is 27.8. The summed E-state index contributed by atoms with van der Waals surface area (Å²) in [7, 11) is 5.75. The Morgan fingerprint density at radius 1 is 0.450 bits per heavy atom. The van der Waals surface area contributed by atoms with Crippen LogP contribution >= 0.6 is 0 Å². The van der Waals surface area contributed by atoms with E-state index in [0.717, 1.165) is 0 Å². The van der Waals surface area contributed by atoms with Gasteiger partial charge in [-0.05, 0) is 59.7 Å². The third-order valence-corrected chi connectivity index (χ3v) is 6.30. The Hall–Kier alpha value is -5.24. The number of carbonyl (C=O) groups excluding carboxylic acids is 4. The molecule has 0 atom stereocenters. The molecule has 40 heavy (non-hydrogen) atoms. The van der Waals surface area contributed by atoms with E-state index in [9.17, 15) is 19.2 Å². The topological polar surface area (TPSA) is 105 Å². The molecule has 4 aromatic carbocycles. The highest BCUT2D eigenvalue weighted by Gasteiger charge is 2.25. The highest BCUT2D eigenvalue weighted by molar-refractivity contribution is 6.50. The molecule has 0 saturated heterocycles. The second-order valence-electron chi connectivity index (χ2n) is 8.61. The second-order valence-corrected chi connectivity index (χ2v) is 8.61. The van der Waals surface area contributed by atoms with Gasteiger partial charge in [-0.3, -0.25) is 19.2 Å². The van der Waals surface area contributed by atoms with Gasteiger partial charge in [-0.15, -0.1) is 0 Å². The molecule has 0 fully saturated rings. The number of carbonyl (C=O) groups is 4. The van der Waals surface area contributed by atoms with Gasteiger partial charge in [0.1, 0.15) is 23.0 Å². The molecular formula is C32H26O8. The van der Waals surface area contributed by atoms with Gasteiger partial charge in [-0.2, -0.15) is 0 Å². The molecule has 8 nitrogen and oxygen atoms in total. The van der Waals surface area contributed by atoms with E-state index in [4.69, 9.17) is 18.9 Å². The third-order valence-electron chi connectivity index (χ3n) is 6.30. The van der Waals surface area contributed by atoms with Crippen LogP contribution in [0.4, 0.5) is 0 Å². The fraction of sp³-hybridized carbons (Fsp3) is 0.125. The van der Waals surface area contributed by atoms with E-state index in [1.54, 1.807) is 48.5 Å². The zero-order valence-electron chi connectivity index (χ0n) is 22.3. The summed E-state index contributed by atoms with van der Waals surface area (Å²) in [5, 5.41) is 0. The van der Waals surface area contributed by atoms with Crippen LogP contribution in [0.1, 0.15) is 41.4 Å². The molecule has 8 heteroatoms. The van der Waals surface area contributed by atoms with Gasteiger partial charge in [0.2, 0.25) is 23.1 Å². The van der Waals surface area contributed by atoms with Gasteiger partial charge in [0.25, 0.3) is 0 Å². The number of Topliss-reactive ketones (excluding diaryl/α,β-unsaturated/α-hetero) is 4. The lowest BCUT2D eigenvalue weighted by molar-refractivity contribution is 0.0815. The van der Waals surface area contributed by atoms with E-state index in [1.165, 1.54) is 64.8 Å². The average molecular weight is 539 g/mol. The van der Waals surface area contributed by atoms with Crippen molar-refractivity contribution in [2.75, 3.05) is 28.4 Å². The van der Waals surface area contributed by atoms with Gasteiger partial charge in [0, 0.05) is 11.1 Å². The highest BCUT2D eigenvalue weighted by atomic mass is 16.5. The molecule has 0 aliphatic rings. The smallest absolute Gasteiger partial charge is 0.237 e. The van der Waals surface area contributed by atoms with Crippen LogP contribution in [-0.2, 0) is 0 Å². The van der Waals surface area contributed by atoms with Crippen molar-refractivity contribution in [3.63, 3.8) is 0 Å². The molecule has 4 aromatic rings. The van der Waals surface area contributed by atoms with Gasteiger partial charge in [-0.1, -0.05) is 36.4 Å². The summed E-state index contributed by atoms with van der Waals surface area (Å²) in [6.45, 7) is 0. The quantitative estimate of drug-likeness (QED) is 0.182. The Morgan fingerprint density at radius 2 is 0.850 bits per heavy atom. The maximum absolute atomic E-state index is 13.0. The summed E-state index contributed by atoms with van der Waals surface area (Å²) in [6.07, 6.45) is 0. The molecule has 0 heterocycles. The number of rotatable bonds is 11. The van der Waals surface area contributed by atoms with Gasteiger partial charge in [-0.25, -0.2) is 0 Å². The highest BCUT2D eigenvalue weighted by Crippen LogP contribution is 2.32. The maximum atomic E-state index is 13.0. The SMILES string of the molecule is COc1cccc(C(=O)C(=O)c2ccc(-c3ccc(C(=O)C(=O)c4cccc(OC)c4)c(OC)c3)cc2OC)c1. The Bertz CT molecular complexity index is 1500. The second kappa shape index (κ2) is 12.1. The fourth-order valence-corrected chi connectivity index (χ4v) is 4.15. The average Bonchev–Trinajstić information content (AvgIpc) is 3.02. The summed E-state index contributed by atoms with van der Waals surface area (Å²) in [5.74, 6) is -1.54. The number of ether oxygens (including phenoxy) is 4. The van der Waals surface area contributed by atoms with Crippen LogP contribution in [0.25, 0.3) is 11.1 Å². The van der Waals surface area contributed by atoms with Crippen LogP contribution in [0.15, 0.2) is 84.9 Å². The zero-order chi connectivity index (χ0) is 28.8. The van der Waals surface area contributed by atoms with Crippen LogP contribution in [0.2, 0.25) is 0 Å². The molecule has 0 spiro atoms. The summed E-state index contributed by atoms with van der Waals surface area (Å²) in [5.41, 5.74) is 1.87. The lowest BCUT2D eigenvalue weighted by atomic mass is 9.95. The molecular weight excluding hydrogens is 512 g/mol. The van der Waals surface area contributed by atoms with Gasteiger partial charge >= 0.3 is 0 Å². The fourth-order valence-electron chi connectivity index (χ4n) is 4.15. The van der Waals surface area contributed by atoms with Crippen LogP contribution < -0.4 is 18.9 Å². The van der Waals surface area contributed by atoms with E-state index in [1.807, 2.05) is 0 Å². The van der Waals surface area contributed by atoms with Gasteiger partial charge < -0.3 is 18.9 Å². The summed E-state index contributed by atoms with van der Waals surface area (Å²) in [4.78, 5) is 51.8. The molecule has 0 unspecified atom stereocenters. The van der Waals surface area contributed by atoms with Crippen LogP contribution in [0.3, 0.4) is 0 Å². The van der Waals surface area contributed by atoms with Crippen LogP contribution in [0.5, 0.6) is 23.0 Å². The summed E-state index contributed by atoms with van der Waals surface area (Å²) in [6, 6.07) is 22.2. The van der Waals surface area contributed by atoms with Crippen LogP contribution in [0, 0.1) is 0 Å². The first-order valence-corrected chi connectivity index (χ1v) is 12.1. The van der Waals surface area contributed by atoms with Gasteiger partial charge in [0.15, 0.2) is 0 Å². The number of hydrogen-bond donors (Lipinski definition) is 0. The molecule has 202 valence electrons. The minimum Gasteiger partial charge on any atom is -0.497 e. The minimum atomic E-state index is -0.730. The van der Waals surface area contributed by atoms with E-state index in [0.29, 0.717) is 22.6 Å². The standard InChI is InChI=1S/C32H26O8/c1-37-23-9-5-7-21(15-23)29(33)31(35)25-13-11-19(17-27(25)39-3)20-12-14-26(28(18-20)40-4)32(36)30(34)22-8-6-10-24(16-22)38-2/h5-18H,1-4H3. The molecule has 0 N–H and O–H groups in total. The summed E-state index contributed by atoms with van der Waals surface area (Å²) >= 11 is 0. The first-order valence-electron chi connectivity index (χ1n) is 12.1. The molecule has 0 radical (unpaired) electrons. The van der Waals surface area contributed by atoms with Crippen molar-refractivity contribution in [3.8, 4) is 34.1 Å². The largest absolute Gasteiger partial charge is 0.497 e. The number of ketones is 4. The van der Waals surface area contributed by atoms with E-state index < -0.39 is 23.1 Å². The van der Waals surface area contributed by atoms with E-state index in [-0.39, 0.29) is 33.8 Å². The Balaban J connectivity index is 1.63. The van der Waals surface area contributed by atoms with Crippen molar-refractivity contribution < 1.29 is 38.1 Å². The number of benzene rings is 4. The minimum absolute atomic E-state index is 0.0988. The van der Waals surface area contributed by atoms with E-state index >= 15 is 0 Å². The van der Waals surface area contributed by atoms with Crippen molar-refractivity contribution in [1.82, 2.24) is 0 Å². The number of hydrogen-bond acceptors (Lipinski definition) is 8. The van der Waals surface area contributed by atoms with Crippen molar-refractivity contribution in [2.24, 2.45) is 0 Å².